The average molecular weight is 311 g/mol. The Kier molecular flexibility index (Phi) is 5.59. The molecular formula is C15H19ClN2O3. The van der Waals surface area contributed by atoms with Crippen LogP contribution in [0.4, 0.5) is 5.69 Å². The Morgan fingerprint density at radius 1 is 1.24 bits per heavy atom. The van der Waals surface area contributed by atoms with Crippen LogP contribution in [0.1, 0.15) is 32.1 Å². The standard InChI is InChI=1S/C15H19ClN2O3/c16-10-5-7-12(8-6-10)18-14(19)9-13(15(20)21)17-11-3-1-2-4-11/h5-8,11,13,17H,1-4,9H2,(H,18,19)(H,20,21)/t13-/m1/s1. The van der Waals surface area contributed by atoms with Crippen LogP contribution >= 0.6 is 11.6 Å². The molecule has 0 aromatic heterocycles. The number of carbonyl (C=O) groups excluding carboxylic acids is 1. The highest BCUT2D eigenvalue weighted by molar-refractivity contribution is 6.30. The minimum Gasteiger partial charge on any atom is -0.480 e. The van der Waals surface area contributed by atoms with Crippen LogP contribution in [0.5, 0.6) is 0 Å². The third-order valence-electron chi connectivity index (χ3n) is 3.61. The summed E-state index contributed by atoms with van der Waals surface area (Å²) in [6.07, 6.45) is 4.08. The van der Waals surface area contributed by atoms with Crippen molar-refractivity contribution in [3.63, 3.8) is 0 Å². The second-order valence-electron chi connectivity index (χ2n) is 5.30. The molecule has 6 heteroatoms. The highest BCUT2D eigenvalue weighted by Gasteiger charge is 2.26. The first-order valence-corrected chi connectivity index (χ1v) is 7.46. The fraction of sp³-hybridized carbons (Fsp3) is 0.467. The van der Waals surface area contributed by atoms with Crippen LogP contribution in [-0.2, 0) is 9.59 Å². The van der Waals surface area contributed by atoms with Gasteiger partial charge in [-0.05, 0) is 37.1 Å². The number of aliphatic carboxylic acids is 1. The molecule has 0 aliphatic heterocycles. The molecule has 1 aliphatic rings. The molecule has 0 spiro atoms. The molecule has 0 radical (unpaired) electrons. The number of benzene rings is 1. The van der Waals surface area contributed by atoms with Crippen molar-refractivity contribution < 1.29 is 14.7 Å². The van der Waals surface area contributed by atoms with Crippen LogP contribution < -0.4 is 10.6 Å². The summed E-state index contributed by atoms with van der Waals surface area (Å²) in [5.74, 6) is -1.32. The lowest BCUT2D eigenvalue weighted by Gasteiger charge is -2.19. The molecule has 5 nitrogen and oxygen atoms in total. The van der Waals surface area contributed by atoms with Crippen molar-refractivity contribution in [3.05, 3.63) is 29.3 Å². The zero-order valence-electron chi connectivity index (χ0n) is 11.6. The maximum Gasteiger partial charge on any atom is 0.321 e. The maximum atomic E-state index is 11.9. The van der Waals surface area contributed by atoms with Gasteiger partial charge in [0.05, 0.1) is 6.42 Å². The number of nitrogens with one attached hydrogen (secondary N) is 2. The summed E-state index contributed by atoms with van der Waals surface area (Å²) in [5.41, 5.74) is 0.606. The smallest absolute Gasteiger partial charge is 0.321 e. The molecule has 1 fully saturated rings. The van der Waals surface area contributed by atoms with Gasteiger partial charge in [-0.2, -0.15) is 0 Å². The first-order chi connectivity index (χ1) is 10.0. The molecule has 0 saturated heterocycles. The van der Waals surface area contributed by atoms with Gasteiger partial charge in [0.1, 0.15) is 6.04 Å². The molecule has 0 unspecified atom stereocenters. The zero-order chi connectivity index (χ0) is 15.2. The van der Waals surface area contributed by atoms with Crippen LogP contribution in [0.3, 0.4) is 0 Å². The molecule has 2 rings (SSSR count). The highest BCUT2D eigenvalue weighted by atomic mass is 35.5. The predicted molar refractivity (Wildman–Crippen MR) is 81.5 cm³/mol. The van der Waals surface area contributed by atoms with Crippen LogP contribution in [0.25, 0.3) is 0 Å². The normalized spacial score (nSPS) is 16.6. The molecule has 1 atom stereocenters. The predicted octanol–water partition coefficient (Wildman–Crippen LogP) is 2.65. The van der Waals surface area contributed by atoms with E-state index in [9.17, 15) is 14.7 Å². The third kappa shape index (κ3) is 5.02. The Balaban J connectivity index is 1.88. The number of anilines is 1. The summed E-state index contributed by atoms with van der Waals surface area (Å²) in [6.45, 7) is 0. The minimum absolute atomic E-state index is 0.0888. The number of hydrogen-bond acceptors (Lipinski definition) is 3. The van der Waals surface area contributed by atoms with Gasteiger partial charge < -0.3 is 15.7 Å². The van der Waals surface area contributed by atoms with Crippen molar-refractivity contribution in [2.45, 2.75) is 44.2 Å². The van der Waals surface area contributed by atoms with E-state index in [4.69, 9.17) is 11.6 Å². The van der Waals surface area contributed by atoms with Crippen LogP contribution in [0, 0.1) is 0 Å². The SMILES string of the molecule is O=C(C[C@@H](NC1CCCC1)C(=O)O)Nc1ccc(Cl)cc1. The Morgan fingerprint density at radius 3 is 2.43 bits per heavy atom. The largest absolute Gasteiger partial charge is 0.480 e. The van der Waals surface area contributed by atoms with Gasteiger partial charge in [-0.3, -0.25) is 9.59 Å². The van der Waals surface area contributed by atoms with E-state index in [2.05, 4.69) is 10.6 Å². The summed E-state index contributed by atoms with van der Waals surface area (Å²) in [5, 5.41) is 15.5. The van der Waals surface area contributed by atoms with E-state index in [1.165, 1.54) is 0 Å². The summed E-state index contributed by atoms with van der Waals surface area (Å²) < 4.78 is 0. The third-order valence-corrected chi connectivity index (χ3v) is 3.86. The molecule has 1 saturated carbocycles. The monoisotopic (exact) mass is 310 g/mol. The number of halogens is 1. The molecule has 21 heavy (non-hydrogen) atoms. The molecule has 0 heterocycles. The lowest BCUT2D eigenvalue weighted by molar-refractivity contribution is -0.141. The van der Waals surface area contributed by atoms with Crippen LogP contribution in [-0.4, -0.2) is 29.1 Å². The van der Waals surface area contributed by atoms with Gasteiger partial charge >= 0.3 is 5.97 Å². The molecule has 1 aliphatic carbocycles. The number of rotatable bonds is 6. The van der Waals surface area contributed by atoms with Crippen molar-refractivity contribution in [2.24, 2.45) is 0 Å². The number of carbonyl (C=O) groups is 2. The second-order valence-corrected chi connectivity index (χ2v) is 5.73. The van der Waals surface area contributed by atoms with E-state index in [0.717, 1.165) is 25.7 Å². The maximum absolute atomic E-state index is 11.9. The summed E-state index contributed by atoms with van der Waals surface area (Å²) in [4.78, 5) is 23.2. The van der Waals surface area contributed by atoms with Gasteiger partial charge in [0.15, 0.2) is 0 Å². The fourth-order valence-corrected chi connectivity index (χ4v) is 2.65. The first kappa shape index (κ1) is 15.8. The van der Waals surface area contributed by atoms with Gasteiger partial charge in [0.2, 0.25) is 5.91 Å². The quantitative estimate of drug-likeness (QED) is 0.755. The van der Waals surface area contributed by atoms with E-state index >= 15 is 0 Å². The minimum atomic E-state index is -0.992. The van der Waals surface area contributed by atoms with Gasteiger partial charge in [0, 0.05) is 16.8 Å². The van der Waals surface area contributed by atoms with E-state index < -0.39 is 12.0 Å². The lowest BCUT2D eigenvalue weighted by Crippen LogP contribution is -2.44. The second kappa shape index (κ2) is 7.43. The average Bonchev–Trinajstić information content (AvgIpc) is 2.93. The number of amides is 1. The van der Waals surface area contributed by atoms with Crippen molar-refractivity contribution >= 4 is 29.2 Å². The highest BCUT2D eigenvalue weighted by Crippen LogP contribution is 2.19. The van der Waals surface area contributed by atoms with Gasteiger partial charge in [-0.1, -0.05) is 24.4 Å². The molecule has 1 aromatic rings. The molecule has 1 amide bonds. The number of hydrogen-bond donors (Lipinski definition) is 3. The Labute approximate surface area is 128 Å². The molecular weight excluding hydrogens is 292 g/mol. The zero-order valence-corrected chi connectivity index (χ0v) is 12.4. The Bertz CT molecular complexity index is 498. The first-order valence-electron chi connectivity index (χ1n) is 7.09. The van der Waals surface area contributed by atoms with Crippen molar-refractivity contribution in [3.8, 4) is 0 Å². The van der Waals surface area contributed by atoms with Gasteiger partial charge in [-0.25, -0.2) is 0 Å². The summed E-state index contributed by atoms with van der Waals surface area (Å²) >= 11 is 5.77. The van der Waals surface area contributed by atoms with E-state index in [1.807, 2.05) is 0 Å². The lowest BCUT2D eigenvalue weighted by atomic mass is 10.1. The topological polar surface area (TPSA) is 78.4 Å². The van der Waals surface area contributed by atoms with Crippen molar-refractivity contribution in [1.82, 2.24) is 5.32 Å². The summed E-state index contributed by atoms with van der Waals surface area (Å²) in [7, 11) is 0. The van der Waals surface area contributed by atoms with Crippen molar-refractivity contribution in [2.75, 3.05) is 5.32 Å². The number of carboxylic acids is 1. The fourth-order valence-electron chi connectivity index (χ4n) is 2.53. The molecule has 0 bridgehead atoms. The Morgan fingerprint density at radius 2 is 1.86 bits per heavy atom. The van der Waals surface area contributed by atoms with E-state index in [0.29, 0.717) is 10.7 Å². The molecule has 1 aromatic carbocycles. The molecule has 3 N–H and O–H groups in total. The van der Waals surface area contributed by atoms with E-state index in [1.54, 1.807) is 24.3 Å². The van der Waals surface area contributed by atoms with E-state index in [-0.39, 0.29) is 18.4 Å². The van der Waals surface area contributed by atoms with Gasteiger partial charge in [-0.15, -0.1) is 0 Å². The van der Waals surface area contributed by atoms with Crippen LogP contribution in [0.2, 0.25) is 5.02 Å². The van der Waals surface area contributed by atoms with Crippen molar-refractivity contribution in [1.29, 1.82) is 0 Å². The molecule has 114 valence electrons. The summed E-state index contributed by atoms with van der Waals surface area (Å²) in [6, 6.07) is 6.06. The Hall–Kier alpha value is -1.59. The van der Waals surface area contributed by atoms with Gasteiger partial charge in [0.25, 0.3) is 0 Å². The number of carboxylic acid groups (broad SMARTS) is 1. The van der Waals surface area contributed by atoms with Crippen LogP contribution in [0.15, 0.2) is 24.3 Å².